The van der Waals surface area contributed by atoms with Gasteiger partial charge in [-0.1, -0.05) is 43.7 Å². The van der Waals surface area contributed by atoms with Crippen LogP contribution < -0.4 is 5.32 Å². The van der Waals surface area contributed by atoms with Crippen molar-refractivity contribution < 1.29 is 0 Å². The van der Waals surface area contributed by atoms with Gasteiger partial charge >= 0.3 is 0 Å². The van der Waals surface area contributed by atoms with E-state index in [1.54, 1.807) is 0 Å². The van der Waals surface area contributed by atoms with Crippen molar-refractivity contribution >= 4 is 0 Å². The molecule has 1 atom stereocenters. The van der Waals surface area contributed by atoms with Crippen LogP contribution in [-0.2, 0) is 6.54 Å². The lowest BCUT2D eigenvalue weighted by atomic mass is 10.1. The zero-order valence-electron chi connectivity index (χ0n) is 10.7. The average molecular weight is 220 g/mol. The number of nitrogens with one attached hydrogen (secondary N) is 1. The molecule has 0 amide bonds. The highest BCUT2D eigenvalue weighted by molar-refractivity contribution is 5.14. The van der Waals surface area contributed by atoms with Crippen LogP contribution in [-0.4, -0.2) is 32.1 Å². The fraction of sp³-hybridized carbons (Fsp3) is 0.571. The summed E-state index contributed by atoms with van der Waals surface area (Å²) < 4.78 is 0. The minimum absolute atomic E-state index is 0.749. The highest BCUT2D eigenvalue weighted by Gasteiger charge is 2.08. The van der Waals surface area contributed by atoms with Crippen LogP contribution in [0.2, 0.25) is 0 Å². The van der Waals surface area contributed by atoms with E-state index in [-0.39, 0.29) is 0 Å². The van der Waals surface area contributed by atoms with Gasteiger partial charge in [0.2, 0.25) is 0 Å². The lowest BCUT2D eigenvalue weighted by molar-refractivity contribution is 0.262. The molecule has 1 rings (SSSR count). The highest BCUT2D eigenvalue weighted by Crippen LogP contribution is 2.07. The smallest absolute Gasteiger partial charge is 0.0230 e. The first-order valence-electron chi connectivity index (χ1n) is 6.13. The number of benzene rings is 1. The summed E-state index contributed by atoms with van der Waals surface area (Å²) in [6, 6.07) is 10.7. The Morgan fingerprint density at radius 2 is 1.94 bits per heavy atom. The second-order valence-corrected chi connectivity index (χ2v) is 4.51. The molecule has 1 aromatic carbocycles. The number of hydrogen-bond donors (Lipinski definition) is 1. The van der Waals surface area contributed by atoms with Crippen LogP contribution >= 0.6 is 0 Å². The van der Waals surface area contributed by atoms with Crippen molar-refractivity contribution in [1.29, 1.82) is 0 Å². The number of hydrogen-bond acceptors (Lipinski definition) is 2. The van der Waals surface area contributed by atoms with Gasteiger partial charge in [0.15, 0.2) is 0 Å². The molecule has 1 N–H and O–H groups in total. The molecule has 0 heterocycles. The molecule has 90 valence electrons. The molecule has 2 heteroatoms. The van der Waals surface area contributed by atoms with Gasteiger partial charge in [-0.25, -0.2) is 0 Å². The first kappa shape index (κ1) is 13.2. The Kier molecular flexibility index (Phi) is 6.12. The SMILES string of the molecule is CCC(CNC)CN(C)Cc1ccccc1. The number of nitrogens with zero attached hydrogens (tertiary/aromatic N) is 1. The molecule has 0 saturated heterocycles. The molecule has 0 aliphatic rings. The summed E-state index contributed by atoms with van der Waals surface area (Å²) >= 11 is 0. The Hall–Kier alpha value is -0.860. The molecule has 0 fully saturated rings. The molecule has 0 saturated carbocycles. The van der Waals surface area contributed by atoms with Crippen LogP contribution in [0.1, 0.15) is 18.9 Å². The van der Waals surface area contributed by atoms with Crippen LogP contribution in [0.4, 0.5) is 0 Å². The van der Waals surface area contributed by atoms with Crippen molar-refractivity contribution in [1.82, 2.24) is 10.2 Å². The summed E-state index contributed by atoms with van der Waals surface area (Å²) in [5.74, 6) is 0.749. The Labute approximate surface area is 99.7 Å². The molecule has 0 spiro atoms. The van der Waals surface area contributed by atoms with Crippen molar-refractivity contribution in [2.24, 2.45) is 5.92 Å². The third kappa shape index (κ3) is 4.77. The Morgan fingerprint density at radius 3 is 2.50 bits per heavy atom. The van der Waals surface area contributed by atoms with E-state index in [1.165, 1.54) is 12.0 Å². The molecular formula is C14H24N2. The van der Waals surface area contributed by atoms with Gasteiger partial charge < -0.3 is 10.2 Å². The van der Waals surface area contributed by atoms with E-state index in [0.29, 0.717) is 0 Å². The Balaban J connectivity index is 2.37. The molecule has 16 heavy (non-hydrogen) atoms. The minimum Gasteiger partial charge on any atom is -0.319 e. The van der Waals surface area contributed by atoms with Crippen molar-refractivity contribution in [3.05, 3.63) is 35.9 Å². The van der Waals surface area contributed by atoms with Crippen molar-refractivity contribution in [2.45, 2.75) is 19.9 Å². The first-order chi connectivity index (χ1) is 7.76. The molecule has 1 unspecified atom stereocenters. The second-order valence-electron chi connectivity index (χ2n) is 4.51. The standard InChI is InChI=1S/C14H24N2/c1-4-13(10-15-2)11-16(3)12-14-8-6-5-7-9-14/h5-9,13,15H,4,10-12H2,1-3H3. The highest BCUT2D eigenvalue weighted by atomic mass is 15.1. The maximum Gasteiger partial charge on any atom is 0.0230 e. The van der Waals surface area contributed by atoms with Gasteiger partial charge in [0, 0.05) is 13.1 Å². The molecule has 0 aliphatic carbocycles. The van der Waals surface area contributed by atoms with E-state index in [4.69, 9.17) is 0 Å². The zero-order chi connectivity index (χ0) is 11.8. The first-order valence-corrected chi connectivity index (χ1v) is 6.13. The van der Waals surface area contributed by atoms with Crippen LogP contribution in [0, 0.1) is 5.92 Å². The van der Waals surface area contributed by atoms with E-state index in [1.807, 2.05) is 7.05 Å². The lowest BCUT2D eigenvalue weighted by Crippen LogP contribution is -2.30. The van der Waals surface area contributed by atoms with Crippen molar-refractivity contribution in [3.63, 3.8) is 0 Å². The molecular weight excluding hydrogens is 196 g/mol. The minimum atomic E-state index is 0.749. The molecule has 0 aliphatic heterocycles. The third-order valence-corrected chi connectivity index (χ3v) is 2.94. The monoisotopic (exact) mass is 220 g/mol. The predicted molar refractivity (Wildman–Crippen MR) is 70.5 cm³/mol. The maximum atomic E-state index is 3.26. The summed E-state index contributed by atoms with van der Waals surface area (Å²) in [7, 11) is 4.23. The Bertz CT molecular complexity index is 271. The van der Waals surface area contributed by atoms with Gasteiger partial charge in [-0.3, -0.25) is 0 Å². The molecule has 2 nitrogen and oxygen atoms in total. The van der Waals surface area contributed by atoms with Crippen LogP contribution in [0.3, 0.4) is 0 Å². The van der Waals surface area contributed by atoms with Crippen LogP contribution in [0.25, 0.3) is 0 Å². The molecule has 1 aromatic rings. The van der Waals surface area contributed by atoms with Crippen molar-refractivity contribution in [3.8, 4) is 0 Å². The fourth-order valence-corrected chi connectivity index (χ4v) is 2.03. The largest absolute Gasteiger partial charge is 0.319 e. The van der Waals surface area contributed by atoms with E-state index in [0.717, 1.165) is 25.6 Å². The van der Waals surface area contributed by atoms with Gasteiger partial charge in [-0.2, -0.15) is 0 Å². The summed E-state index contributed by atoms with van der Waals surface area (Å²) in [5, 5.41) is 3.26. The number of rotatable bonds is 7. The topological polar surface area (TPSA) is 15.3 Å². The summed E-state index contributed by atoms with van der Waals surface area (Å²) in [6.45, 7) is 5.57. The normalized spacial score (nSPS) is 13.0. The molecule has 0 bridgehead atoms. The fourth-order valence-electron chi connectivity index (χ4n) is 2.03. The van der Waals surface area contributed by atoms with Crippen LogP contribution in [0.5, 0.6) is 0 Å². The average Bonchev–Trinajstić information content (AvgIpc) is 2.29. The van der Waals surface area contributed by atoms with Crippen molar-refractivity contribution in [2.75, 3.05) is 27.2 Å². The van der Waals surface area contributed by atoms with Gasteiger partial charge in [0.05, 0.1) is 0 Å². The Morgan fingerprint density at radius 1 is 1.25 bits per heavy atom. The van der Waals surface area contributed by atoms with E-state index in [9.17, 15) is 0 Å². The second kappa shape index (κ2) is 7.42. The predicted octanol–water partition coefficient (Wildman–Crippen LogP) is 2.36. The maximum absolute atomic E-state index is 3.26. The van der Waals surface area contributed by atoms with Gasteiger partial charge in [-0.05, 0) is 32.1 Å². The quantitative estimate of drug-likeness (QED) is 0.759. The summed E-state index contributed by atoms with van der Waals surface area (Å²) in [6.07, 6.45) is 1.24. The lowest BCUT2D eigenvalue weighted by Gasteiger charge is -2.23. The van der Waals surface area contributed by atoms with E-state index < -0.39 is 0 Å². The molecule has 0 radical (unpaired) electrons. The zero-order valence-corrected chi connectivity index (χ0v) is 10.7. The third-order valence-electron chi connectivity index (χ3n) is 2.94. The van der Waals surface area contributed by atoms with E-state index >= 15 is 0 Å². The summed E-state index contributed by atoms with van der Waals surface area (Å²) in [4.78, 5) is 2.40. The molecule has 0 aromatic heterocycles. The van der Waals surface area contributed by atoms with E-state index in [2.05, 4.69) is 54.5 Å². The summed E-state index contributed by atoms with van der Waals surface area (Å²) in [5.41, 5.74) is 1.39. The van der Waals surface area contributed by atoms with Gasteiger partial charge in [-0.15, -0.1) is 0 Å². The van der Waals surface area contributed by atoms with Crippen LogP contribution in [0.15, 0.2) is 30.3 Å². The van der Waals surface area contributed by atoms with Gasteiger partial charge in [0.1, 0.15) is 0 Å². The van der Waals surface area contributed by atoms with Gasteiger partial charge in [0.25, 0.3) is 0 Å².